The topological polar surface area (TPSA) is 35.5 Å². The van der Waals surface area contributed by atoms with Crippen LogP contribution < -0.4 is 9.47 Å². The van der Waals surface area contributed by atoms with Crippen molar-refractivity contribution in [1.29, 1.82) is 0 Å². The summed E-state index contributed by atoms with van der Waals surface area (Å²) in [5.41, 5.74) is 0.954. The third-order valence-electron chi connectivity index (χ3n) is 3.37. The maximum absolute atomic E-state index is 13.2. The van der Waals surface area contributed by atoms with Crippen LogP contribution in [0.3, 0.4) is 0 Å². The number of hydrogen-bond donors (Lipinski definition) is 0. The largest absolute Gasteiger partial charge is 0.483 e. The molecule has 108 valence electrons. The van der Waals surface area contributed by atoms with E-state index in [-0.39, 0.29) is 11.2 Å². The molecule has 1 aliphatic heterocycles. The Balaban J connectivity index is 1.98. The number of carbonyl (C=O) groups is 1. The summed E-state index contributed by atoms with van der Waals surface area (Å²) >= 11 is 0. The highest BCUT2D eigenvalue weighted by Crippen LogP contribution is 2.43. The lowest BCUT2D eigenvalue weighted by molar-refractivity contribution is 0.111. The average molecular weight is 286 g/mol. The minimum atomic E-state index is -0.472. The second-order valence-corrected chi connectivity index (χ2v) is 5.68. The van der Waals surface area contributed by atoms with Gasteiger partial charge in [-0.25, -0.2) is 4.39 Å². The molecular weight excluding hydrogens is 271 g/mol. The van der Waals surface area contributed by atoms with Crippen LogP contribution in [0.4, 0.5) is 4.39 Å². The Hall–Kier alpha value is -2.36. The fraction of sp³-hybridized carbons (Fsp3) is 0.235. The summed E-state index contributed by atoms with van der Waals surface area (Å²) in [5.74, 6) is 1.06. The zero-order valence-corrected chi connectivity index (χ0v) is 11.9. The van der Waals surface area contributed by atoms with Gasteiger partial charge in [0.2, 0.25) is 0 Å². The second kappa shape index (κ2) is 4.88. The maximum Gasteiger partial charge on any atom is 0.169 e. The molecule has 3 nitrogen and oxygen atoms in total. The van der Waals surface area contributed by atoms with Gasteiger partial charge in [-0.3, -0.25) is 4.79 Å². The van der Waals surface area contributed by atoms with E-state index in [0.29, 0.717) is 23.5 Å². The molecule has 0 N–H and O–H groups in total. The summed E-state index contributed by atoms with van der Waals surface area (Å²) in [5, 5.41) is 0. The van der Waals surface area contributed by atoms with Crippen LogP contribution in [0.25, 0.3) is 0 Å². The molecule has 0 aromatic heterocycles. The van der Waals surface area contributed by atoms with E-state index in [9.17, 15) is 9.18 Å². The lowest BCUT2D eigenvalue weighted by atomic mass is 10.0. The van der Waals surface area contributed by atoms with Gasteiger partial charge in [0.1, 0.15) is 17.2 Å². The molecule has 0 radical (unpaired) electrons. The number of halogens is 1. The zero-order valence-electron chi connectivity index (χ0n) is 11.9. The Kier molecular flexibility index (Phi) is 3.16. The van der Waals surface area contributed by atoms with Crippen molar-refractivity contribution in [2.75, 3.05) is 0 Å². The molecule has 2 aromatic carbocycles. The van der Waals surface area contributed by atoms with E-state index in [2.05, 4.69) is 0 Å². The first-order valence-electron chi connectivity index (χ1n) is 6.72. The molecular formula is C17H15FO3. The summed E-state index contributed by atoms with van der Waals surface area (Å²) in [6.45, 7) is 4.01. The van der Waals surface area contributed by atoms with Crippen molar-refractivity contribution in [3.05, 3.63) is 53.3 Å². The van der Waals surface area contributed by atoms with Crippen molar-refractivity contribution in [3.63, 3.8) is 0 Å². The van der Waals surface area contributed by atoms with Gasteiger partial charge in [0.15, 0.2) is 17.8 Å². The molecule has 0 saturated carbocycles. The Morgan fingerprint density at radius 3 is 2.81 bits per heavy atom. The molecule has 2 aromatic rings. The highest BCUT2D eigenvalue weighted by atomic mass is 19.1. The normalized spacial score (nSPS) is 15.2. The molecule has 3 rings (SSSR count). The summed E-state index contributed by atoms with van der Waals surface area (Å²) in [7, 11) is 0. The average Bonchev–Trinajstić information content (AvgIpc) is 2.75. The molecule has 0 spiro atoms. The molecule has 1 heterocycles. The predicted molar refractivity (Wildman–Crippen MR) is 76.7 cm³/mol. The van der Waals surface area contributed by atoms with Gasteiger partial charge in [-0.15, -0.1) is 0 Å². The minimum Gasteiger partial charge on any atom is -0.483 e. The molecule has 0 saturated heterocycles. The maximum atomic E-state index is 13.2. The number of ether oxygens (including phenoxy) is 2. The van der Waals surface area contributed by atoms with Gasteiger partial charge in [0, 0.05) is 12.0 Å². The summed E-state index contributed by atoms with van der Waals surface area (Å²) in [4.78, 5) is 11.0. The fourth-order valence-electron chi connectivity index (χ4n) is 2.49. The van der Waals surface area contributed by atoms with Gasteiger partial charge in [-0.05, 0) is 38.1 Å². The monoisotopic (exact) mass is 286 g/mol. The SMILES string of the molecule is CC1(C)Cc2cccc(Oc3ccc(F)cc3C=O)c2O1. The molecule has 0 bridgehead atoms. The van der Waals surface area contributed by atoms with E-state index in [1.54, 1.807) is 6.07 Å². The Labute approximate surface area is 122 Å². The number of benzene rings is 2. The van der Waals surface area contributed by atoms with Crippen LogP contribution in [0, 0.1) is 5.82 Å². The lowest BCUT2D eigenvalue weighted by Gasteiger charge is -2.18. The van der Waals surface area contributed by atoms with Crippen molar-refractivity contribution < 1.29 is 18.7 Å². The molecule has 4 heteroatoms. The molecule has 0 aliphatic carbocycles. The van der Waals surface area contributed by atoms with Gasteiger partial charge in [-0.2, -0.15) is 0 Å². The van der Waals surface area contributed by atoms with Crippen molar-refractivity contribution in [1.82, 2.24) is 0 Å². The van der Waals surface area contributed by atoms with Crippen molar-refractivity contribution in [2.24, 2.45) is 0 Å². The summed E-state index contributed by atoms with van der Waals surface area (Å²) in [6, 6.07) is 9.49. The van der Waals surface area contributed by atoms with Crippen LogP contribution in [0.2, 0.25) is 0 Å². The zero-order chi connectivity index (χ0) is 15.0. The number of para-hydroxylation sites is 1. The number of carbonyl (C=O) groups excluding carboxylic acids is 1. The van der Waals surface area contributed by atoms with Crippen LogP contribution in [0.5, 0.6) is 17.2 Å². The number of hydrogen-bond acceptors (Lipinski definition) is 3. The van der Waals surface area contributed by atoms with Crippen molar-refractivity contribution in [3.8, 4) is 17.2 Å². The smallest absolute Gasteiger partial charge is 0.169 e. The lowest BCUT2D eigenvalue weighted by Crippen LogP contribution is -2.24. The van der Waals surface area contributed by atoms with Gasteiger partial charge < -0.3 is 9.47 Å². The standard InChI is InChI=1S/C17H15FO3/c1-17(2)9-11-4-3-5-15(16(11)21-17)20-14-7-6-13(18)8-12(14)10-19/h3-8,10H,9H2,1-2H3. The molecule has 0 unspecified atom stereocenters. The van der Waals surface area contributed by atoms with E-state index in [4.69, 9.17) is 9.47 Å². The minimum absolute atomic E-state index is 0.171. The van der Waals surface area contributed by atoms with Crippen LogP contribution in [0.1, 0.15) is 29.8 Å². The van der Waals surface area contributed by atoms with Gasteiger partial charge in [0.25, 0.3) is 0 Å². The third-order valence-corrected chi connectivity index (χ3v) is 3.37. The first-order valence-corrected chi connectivity index (χ1v) is 6.72. The number of fused-ring (bicyclic) bond motifs is 1. The van der Waals surface area contributed by atoms with Crippen LogP contribution in [-0.4, -0.2) is 11.9 Å². The van der Waals surface area contributed by atoms with Crippen LogP contribution in [-0.2, 0) is 6.42 Å². The number of rotatable bonds is 3. The molecule has 21 heavy (non-hydrogen) atoms. The van der Waals surface area contributed by atoms with Gasteiger partial charge in [-0.1, -0.05) is 12.1 Å². The van der Waals surface area contributed by atoms with Crippen LogP contribution in [0.15, 0.2) is 36.4 Å². The Bertz CT molecular complexity index is 707. The first-order chi connectivity index (χ1) is 9.98. The molecule has 0 fully saturated rings. The Morgan fingerprint density at radius 2 is 2.05 bits per heavy atom. The van der Waals surface area contributed by atoms with E-state index in [1.165, 1.54) is 12.1 Å². The third kappa shape index (κ3) is 2.61. The molecule has 1 aliphatic rings. The summed E-state index contributed by atoms with van der Waals surface area (Å²) in [6.07, 6.45) is 1.37. The van der Waals surface area contributed by atoms with Crippen molar-refractivity contribution >= 4 is 6.29 Å². The number of aldehydes is 1. The van der Waals surface area contributed by atoms with Crippen molar-refractivity contribution in [2.45, 2.75) is 25.9 Å². The fourth-order valence-corrected chi connectivity index (χ4v) is 2.49. The highest BCUT2D eigenvalue weighted by molar-refractivity contribution is 5.79. The summed E-state index contributed by atoms with van der Waals surface area (Å²) < 4.78 is 24.8. The first kappa shape index (κ1) is 13.6. The Morgan fingerprint density at radius 1 is 1.24 bits per heavy atom. The van der Waals surface area contributed by atoms with Crippen LogP contribution >= 0.6 is 0 Å². The van der Waals surface area contributed by atoms with E-state index < -0.39 is 5.82 Å². The van der Waals surface area contributed by atoms with E-state index in [1.807, 2.05) is 26.0 Å². The molecule has 0 amide bonds. The van der Waals surface area contributed by atoms with E-state index in [0.717, 1.165) is 18.1 Å². The second-order valence-electron chi connectivity index (χ2n) is 5.68. The quantitative estimate of drug-likeness (QED) is 0.795. The van der Waals surface area contributed by atoms with Gasteiger partial charge in [0.05, 0.1) is 5.56 Å². The predicted octanol–water partition coefficient (Wildman–Crippen LogP) is 4.14. The molecule has 0 atom stereocenters. The van der Waals surface area contributed by atoms with E-state index >= 15 is 0 Å². The van der Waals surface area contributed by atoms with Gasteiger partial charge >= 0.3 is 0 Å². The highest BCUT2D eigenvalue weighted by Gasteiger charge is 2.32.